The van der Waals surface area contributed by atoms with Gasteiger partial charge in [0.25, 0.3) is 0 Å². The number of fused-ring (bicyclic) bond motifs is 2. The standard InChI is InChI=1S/C29H32N6O3S/c1-29(2,3)38-28(36)34-11-10-20-9-8-19(13-25(20)34)17-33-18-24(31-32-33)22-14-21(39-4)15-26-23(22)16-30-35(26)27-7-5-6-12-37-27/h8-11,13-16,18,27H,5-7,12,17H2,1-4H3. The Morgan fingerprint density at radius 2 is 2.03 bits per heavy atom. The van der Waals surface area contributed by atoms with E-state index in [1.165, 1.54) is 0 Å². The van der Waals surface area contributed by atoms with E-state index in [0.29, 0.717) is 6.54 Å². The van der Waals surface area contributed by atoms with Gasteiger partial charge in [0.15, 0.2) is 6.23 Å². The van der Waals surface area contributed by atoms with Crippen LogP contribution in [0.25, 0.3) is 33.1 Å². The van der Waals surface area contributed by atoms with Gasteiger partial charge in [-0.3, -0.25) is 4.57 Å². The first kappa shape index (κ1) is 25.6. The third-order valence-electron chi connectivity index (χ3n) is 6.86. The van der Waals surface area contributed by atoms with Gasteiger partial charge in [0.2, 0.25) is 0 Å². The van der Waals surface area contributed by atoms with E-state index >= 15 is 0 Å². The maximum atomic E-state index is 12.7. The van der Waals surface area contributed by atoms with Crippen molar-refractivity contribution >= 4 is 39.7 Å². The largest absolute Gasteiger partial charge is 0.443 e. The first-order valence-electron chi connectivity index (χ1n) is 13.2. The Morgan fingerprint density at radius 3 is 2.79 bits per heavy atom. The van der Waals surface area contributed by atoms with E-state index in [-0.39, 0.29) is 6.23 Å². The van der Waals surface area contributed by atoms with Crippen molar-refractivity contribution < 1.29 is 14.3 Å². The molecule has 2 aromatic carbocycles. The summed E-state index contributed by atoms with van der Waals surface area (Å²) in [5.74, 6) is 0. The highest BCUT2D eigenvalue weighted by molar-refractivity contribution is 7.98. The second-order valence-corrected chi connectivity index (χ2v) is 11.8. The minimum absolute atomic E-state index is 0.0357. The normalized spacial score (nSPS) is 16.3. The summed E-state index contributed by atoms with van der Waals surface area (Å²) in [6.45, 7) is 6.87. The molecule has 202 valence electrons. The quantitative estimate of drug-likeness (QED) is 0.233. The molecule has 4 heterocycles. The zero-order valence-corrected chi connectivity index (χ0v) is 23.4. The molecule has 0 amide bonds. The summed E-state index contributed by atoms with van der Waals surface area (Å²) in [6, 6.07) is 12.3. The predicted octanol–water partition coefficient (Wildman–Crippen LogP) is 6.50. The van der Waals surface area contributed by atoms with Gasteiger partial charge < -0.3 is 9.47 Å². The van der Waals surface area contributed by atoms with Crippen LogP contribution in [0.4, 0.5) is 4.79 Å². The van der Waals surface area contributed by atoms with Gasteiger partial charge in [-0.15, -0.1) is 16.9 Å². The van der Waals surface area contributed by atoms with E-state index < -0.39 is 11.7 Å². The van der Waals surface area contributed by atoms with Gasteiger partial charge in [-0.1, -0.05) is 17.3 Å². The second-order valence-electron chi connectivity index (χ2n) is 10.9. The molecule has 0 N–H and O–H groups in total. The Kier molecular flexibility index (Phi) is 6.68. The summed E-state index contributed by atoms with van der Waals surface area (Å²) in [4.78, 5) is 13.9. The molecule has 0 spiro atoms. The molecular weight excluding hydrogens is 512 g/mol. The van der Waals surface area contributed by atoms with Crippen molar-refractivity contribution in [2.75, 3.05) is 12.9 Å². The first-order chi connectivity index (χ1) is 18.8. The van der Waals surface area contributed by atoms with Crippen LogP contribution < -0.4 is 0 Å². The van der Waals surface area contributed by atoms with Crippen LogP contribution in [0.1, 0.15) is 51.8 Å². The lowest BCUT2D eigenvalue weighted by Crippen LogP contribution is -2.26. The SMILES string of the molecule is CSc1cc(-c2cn(Cc3ccc4ccn(C(=O)OC(C)(C)C)c4c3)nn2)c2cnn(C3CCCCO3)c2c1. The number of benzene rings is 2. The van der Waals surface area contributed by atoms with Crippen molar-refractivity contribution in [2.24, 2.45) is 0 Å². The smallest absolute Gasteiger partial charge is 0.418 e. The molecular formula is C29H32N6O3S. The molecule has 1 aliphatic heterocycles. The number of thioether (sulfide) groups is 1. The van der Waals surface area contributed by atoms with Crippen LogP contribution in [0.2, 0.25) is 0 Å². The molecule has 0 bridgehead atoms. The van der Waals surface area contributed by atoms with E-state index in [1.54, 1.807) is 22.5 Å². The Morgan fingerprint density at radius 1 is 1.15 bits per heavy atom. The van der Waals surface area contributed by atoms with Crippen molar-refractivity contribution in [1.29, 1.82) is 0 Å². The Labute approximate surface area is 231 Å². The van der Waals surface area contributed by atoms with Gasteiger partial charge in [0.05, 0.1) is 30.0 Å². The summed E-state index contributed by atoms with van der Waals surface area (Å²) in [7, 11) is 0. The molecule has 1 unspecified atom stereocenters. The van der Waals surface area contributed by atoms with Crippen LogP contribution >= 0.6 is 11.8 Å². The average Bonchev–Trinajstić information content (AvgIpc) is 3.66. The zero-order valence-electron chi connectivity index (χ0n) is 22.6. The fraction of sp³-hybridized carbons (Fsp3) is 0.379. The van der Waals surface area contributed by atoms with Gasteiger partial charge in [-0.25, -0.2) is 14.2 Å². The molecule has 1 saturated heterocycles. The lowest BCUT2D eigenvalue weighted by Gasteiger charge is -2.23. The second kappa shape index (κ2) is 10.2. The number of carbonyl (C=O) groups excluding carboxylic acids is 1. The fourth-order valence-electron chi connectivity index (χ4n) is 5.02. The maximum absolute atomic E-state index is 12.7. The number of nitrogens with zero attached hydrogens (tertiary/aromatic N) is 6. The van der Waals surface area contributed by atoms with Gasteiger partial charge in [-0.2, -0.15) is 5.10 Å². The number of ether oxygens (including phenoxy) is 2. The Hall–Kier alpha value is -3.63. The summed E-state index contributed by atoms with van der Waals surface area (Å²) in [5, 5.41) is 15.7. The van der Waals surface area contributed by atoms with E-state index in [0.717, 1.165) is 69.4 Å². The highest BCUT2D eigenvalue weighted by Gasteiger charge is 2.22. The van der Waals surface area contributed by atoms with Gasteiger partial charge in [-0.05, 0) is 76.1 Å². The minimum Gasteiger partial charge on any atom is -0.443 e. The van der Waals surface area contributed by atoms with Crippen LogP contribution in [0.15, 0.2) is 59.9 Å². The molecule has 0 radical (unpaired) electrons. The van der Waals surface area contributed by atoms with E-state index in [2.05, 4.69) is 28.7 Å². The molecule has 5 aromatic rings. The fourth-order valence-corrected chi connectivity index (χ4v) is 5.49. The van der Waals surface area contributed by atoms with Crippen molar-refractivity contribution in [1.82, 2.24) is 29.3 Å². The van der Waals surface area contributed by atoms with E-state index in [4.69, 9.17) is 14.6 Å². The van der Waals surface area contributed by atoms with Gasteiger partial charge >= 0.3 is 6.09 Å². The summed E-state index contributed by atoms with van der Waals surface area (Å²) >= 11 is 1.69. The highest BCUT2D eigenvalue weighted by atomic mass is 32.2. The first-order valence-corrected chi connectivity index (χ1v) is 14.4. The number of carbonyl (C=O) groups is 1. The molecule has 0 aliphatic carbocycles. The van der Waals surface area contributed by atoms with E-state index in [9.17, 15) is 4.79 Å². The molecule has 39 heavy (non-hydrogen) atoms. The highest BCUT2D eigenvalue weighted by Crippen LogP contribution is 2.35. The summed E-state index contributed by atoms with van der Waals surface area (Å²) < 4.78 is 17.0. The molecule has 10 heteroatoms. The van der Waals surface area contributed by atoms with Crippen LogP contribution in [-0.2, 0) is 16.0 Å². The van der Waals surface area contributed by atoms with Gasteiger partial charge in [0, 0.05) is 34.0 Å². The number of rotatable bonds is 5. The van der Waals surface area contributed by atoms with Crippen LogP contribution in [0, 0.1) is 0 Å². The lowest BCUT2D eigenvalue weighted by atomic mass is 10.1. The topological polar surface area (TPSA) is 89.0 Å². The third-order valence-corrected chi connectivity index (χ3v) is 7.57. The van der Waals surface area contributed by atoms with Gasteiger partial charge in [0.1, 0.15) is 11.3 Å². The predicted molar refractivity (Wildman–Crippen MR) is 152 cm³/mol. The van der Waals surface area contributed by atoms with Crippen LogP contribution in [-0.4, -0.2) is 53.9 Å². The number of hydrogen-bond acceptors (Lipinski definition) is 7. The summed E-state index contributed by atoms with van der Waals surface area (Å²) in [5.41, 5.74) is 4.08. The molecule has 1 aliphatic rings. The van der Waals surface area contributed by atoms with Crippen molar-refractivity contribution in [3.8, 4) is 11.3 Å². The Bertz CT molecular complexity index is 1650. The monoisotopic (exact) mass is 544 g/mol. The third kappa shape index (κ3) is 5.18. The van der Waals surface area contributed by atoms with Crippen molar-refractivity contribution in [2.45, 2.75) is 63.3 Å². The molecule has 9 nitrogen and oxygen atoms in total. The van der Waals surface area contributed by atoms with Crippen LogP contribution in [0.3, 0.4) is 0 Å². The summed E-state index contributed by atoms with van der Waals surface area (Å²) in [6.07, 6.45) is 10.5. The molecule has 0 saturated carbocycles. The van der Waals surface area contributed by atoms with E-state index in [1.807, 2.05) is 66.8 Å². The van der Waals surface area contributed by atoms with Crippen molar-refractivity contribution in [3.63, 3.8) is 0 Å². The molecule has 3 aromatic heterocycles. The van der Waals surface area contributed by atoms with Crippen LogP contribution in [0.5, 0.6) is 0 Å². The number of aromatic nitrogens is 6. The van der Waals surface area contributed by atoms with Crippen molar-refractivity contribution in [3.05, 3.63) is 60.6 Å². The number of hydrogen-bond donors (Lipinski definition) is 0. The minimum atomic E-state index is -0.568. The average molecular weight is 545 g/mol. The lowest BCUT2D eigenvalue weighted by molar-refractivity contribution is -0.0366. The maximum Gasteiger partial charge on any atom is 0.418 e. The molecule has 1 fully saturated rings. The molecule has 6 rings (SSSR count). The Balaban J connectivity index is 1.30. The molecule has 1 atom stereocenters. The zero-order chi connectivity index (χ0) is 27.1.